The first kappa shape index (κ1) is 38.0. The van der Waals surface area contributed by atoms with Crippen LogP contribution in [0.2, 0.25) is 5.02 Å². The zero-order valence-electron chi connectivity index (χ0n) is 27.5. The Morgan fingerprint density at radius 2 is 1.17 bits per heavy atom. The molecule has 0 spiro atoms. The Morgan fingerprint density at radius 3 is 1.72 bits per heavy atom. The highest BCUT2D eigenvalue weighted by Crippen LogP contribution is 2.21. The van der Waals surface area contributed by atoms with Gasteiger partial charge in [-0.05, 0) is 107 Å². The molecule has 246 valence electrons. The quantitative estimate of drug-likeness (QED) is 0.0807. The van der Waals surface area contributed by atoms with Crippen molar-refractivity contribution in [2.75, 3.05) is 13.1 Å². The topological polar surface area (TPSA) is 84.5 Å². The molecule has 0 aliphatic carbocycles. The molecule has 0 atom stereocenters. The number of amides is 2. The molecule has 0 aliphatic rings. The maximum absolute atomic E-state index is 12.7. The van der Waals surface area contributed by atoms with Crippen LogP contribution in [-0.4, -0.2) is 36.3 Å². The van der Waals surface area contributed by atoms with Gasteiger partial charge in [0, 0.05) is 35.7 Å². The van der Waals surface area contributed by atoms with Crippen molar-refractivity contribution in [3.63, 3.8) is 0 Å². The number of halogens is 1. The van der Waals surface area contributed by atoms with Gasteiger partial charge >= 0.3 is 0 Å². The first-order chi connectivity index (χ1) is 22.2. The third-order valence-electron chi connectivity index (χ3n) is 6.81. The number of nitrogens with one attached hydrogen (secondary N) is 2. The van der Waals surface area contributed by atoms with E-state index in [9.17, 15) is 14.4 Å². The van der Waals surface area contributed by atoms with Crippen LogP contribution < -0.4 is 15.4 Å². The third kappa shape index (κ3) is 16.2. The van der Waals surface area contributed by atoms with Gasteiger partial charge in [0.05, 0.1) is 0 Å². The highest BCUT2D eigenvalue weighted by atomic mass is 35.5. The summed E-state index contributed by atoms with van der Waals surface area (Å²) in [6.45, 7) is 6.11. The molecule has 6 nitrogen and oxygen atoms in total. The second-order valence-electron chi connectivity index (χ2n) is 11.2. The van der Waals surface area contributed by atoms with E-state index in [1.54, 1.807) is 62.4 Å². The standard InChI is InChI=1S/C39H49ClN2O4/c1-4-5-6-7-8-9-10-11-12-13-14-15-16-17-18-19-20-21-36(43)41-30-31-42-38(45)39(2,3)46-35-28-24-33(25-29-35)37(44)32-22-26-34(40)27-23-32/h5-6,8-9,11-12,14-15,17-18,22-29H,4,7,10,13,16,19-21,30-31H2,1-3H3,(H,41,43)(H,42,45). The van der Waals surface area contributed by atoms with Crippen molar-refractivity contribution in [3.05, 3.63) is 125 Å². The van der Waals surface area contributed by atoms with E-state index in [-0.39, 0.29) is 17.6 Å². The molecule has 2 aromatic rings. The number of carbonyl (C=O) groups excluding carboxylic acids is 3. The highest BCUT2D eigenvalue weighted by molar-refractivity contribution is 6.30. The molecule has 0 heterocycles. The lowest BCUT2D eigenvalue weighted by atomic mass is 10.0. The second-order valence-corrected chi connectivity index (χ2v) is 11.6. The summed E-state index contributed by atoms with van der Waals surface area (Å²) >= 11 is 5.90. The van der Waals surface area contributed by atoms with Crippen molar-refractivity contribution in [1.82, 2.24) is 10.6 Å². The summed E-state index contributed by atoms with van der Waals surface area (Å²) in [4.78, 5) is 37.5. The van der Waals surface area contributed by atoms with Gasteiger partial charge in [0.15, 0.2) is 11.4 Å². The Labute approximate surface area is 280 Å². The lowest BCUT2D eigenvalue weighted by Gasteiger charge is -2.25. The summed E-state index contributed by atoms with van der Waals surface area (Å²) in [5.41, 5.74) is -0.104. The number of rotatable bonds is 21. The average Bonchev–Trinajstić information content (AvgIpc) is 3.04. The SMILES string of the molecule is CCC=CCC=CCC=CCC=CCC=CCCCC(=O)NCCNC(=O)C(C)(C)Oc1ccc(C(=O)c2ccc(Cl)cc2)cc1. The zero-order chi connectivity index (χ0) is 33.5. The molecule has 46 heavy (non-hydrogen) atoms. The van der Waals surface area contributed by atoms with Crippen LogP contribution in [0.15, 0.2) is 109 Å². The normalized spacial score (nSPS) is 12.2. The number of benzene rings is 2. The summed E-state index contributed by atoms with van der Waals surface area (Å²) in [5.74, 6) is -0.00290. The van der Waals surface area contributed by atoms with Gasteiger partial charge in [-0.25, -0.2) is 0 Å². The largest absolute Gasteiger partial charge is 0.478 e. The van der Waals surface area contributed by atoms with Gasteiger partial charge in [0.1, 0.15) is 5.75 Å². The Balaban J connectivity index is 1.55. The molecule has 0 bridgehead atoms. The Hall–Kier alpha value is -4.16. The minimum Gasteiger partial charge on any atom is -0.478 e. The van der Waals surface area contributed by atoms with Crippen LogP contribution >= 0.6 is 11.6 Å². The lowest BCUT2D eigenvalue weighted by Crippen LogP contribution is -2.48. The molecular formula is C39H49ClN2O4. The minimum atomic E-state index is -1.15. The van der Waals surface area contributed by atoms with E-state index in [0.717, 1.165) is 44.9 Å². The smallest absolute Gasteiger partial charge is 0.263 e. The van der Waals surface area contributed by atoms with E-state index in [4.69, 9.17) is 16.3 Å². The van der Waals surface area contributed by atoms with Gasteiger partial charge in [-0.15, -0.1) is 0 Å². The third-order valence-corrected chi connectivity index (χ3v) is 7.06. The van der Waals surface area contributed by atoms with Crippen LogP contribution in [0.1, 0.15) is 88.1 Å². The maximum atomic E-state index is 12.7. The Morgan fingerprint density at radius 1 is 0.696 bits per heavy atom. The molecule has 2 amide bonds. The number of carbonyl (C=O) groups is 3. The second kappa shape index (κ2) is 22.4. The van der Waals surface area contributed by atoms with Gasteiger partial charge in [-0.3, -0.25) is 14.4 Å². The molecule has 0 saturated carbocycles. The molecular weight excluding hydrogens is 596 g/mol. The number of unbranched alkanes of at least 4 members (excludes halogenated alkanes) is 1. The van der Waals surface area contributed by atoms with E-state index < -0.39 is 5.60 Å². The van der Waals surface area contributed by atoms with Gasteiger partial charge in [0.25, 0.3) is 5.91 Å². The van der Waals surface area contributed by atoms with Gasteiger partial charge in [-0.2, -0.15) is 0 Å². The van der Waals surface area contributed by atoms with Gasteiger partial charge < -0.3 is 15.4 Å². The van der Waals surface area contributed by atoms with Crippen LogP contribution in [0.3, 0.4) is 0 Å². The number of hydrogen-bond donors (Lipinski definition) is 2. The number of ketones is 1. The van der Waals surface area contributed by atoms with Crippen LogP contribution in [0, 0.1) is 0 Å². The fourth-order valence-electron chi connectivity index (χ4n) is 4.21. The molecule has 0 aromatic heterocycles. The maximum Gasteiger partial charge on any atom is 0.263 e. The lowest BCUT2D eigenvalue weighted by molar-refractivity contribution is -0.134. The number of ether oxygens (including phenoxy) is 1. The molecule has 2 aromatic carbocycles. The van der Waals surface area contributed by atoms with Crippen molar-refractivity contribution in [3.8, 4) is 5.75 Å². The molecule has 0 saturated heterocycles. The molecule has 2 rings (SSSR count). The van der Waals surface area contributed by atoms with Crippen molar-refractivity contribution in [2.45, 2.75) is 77.7 Å². The van der Waals surface area contributed by atoms with Gasteiger partial charge in [0.2, 0.25) is 5.91 Å². The summed E-state index contributed by atoms with van der Waals surface area (Å²) in [6.07, 6.45) is 28.6. The van der Waals surface area contributed by atoms with Crippen molar-refractivity contribution >= 4 is 29.2 Å². The summed E-state index contributed by atoms with van der Waals surface area (Å²) in [7, 11) is 0. The van der Waals surface area contributed by atoms with Crippen LogP contribution in [-0.2, 0) is 9.59 Å². The fraction of sp³-hybridized carbons (Fsp3) is 0.359. The zero-order valence-corrected chi connectivity index (χ0v) is 28.2. The van der Waals surface area contributed by atoms with E-state index in [0.29, 0.717) is 41.4 Å². The average molecular weight is 645 g/mol. The monoisotopic (exact) mass is 644 g/mol. The molecule has 2 N–H and O–H groups in total. The fourth-order valence-corrected chi connectivity index (χ4v) is 4.34. The number of hydrogen-bond acceptors (Lipinski definition) is 4. The first-order valence-corrected chi connectivity index (χ1v) is 16.5. The summed E-state index contributed by atoms with van der Waals surface area (Å²) in [5, 5.41) is 6.22. The summed E-state index contributed by atoms with van der Waals surface area (Å²) in [6, 6.07) is 13.4. The van der Waals surface area contributed by atoms with E-state index in [1.807, 2.05) is 0 Å². The molecule has 0 unspecified atom stereocenters. The predicted molar refractivity (Wildman–Crippen MR) is 190 cm³/mol. The van der Waals surface area contributed by atoms with E-state index in [2.05, 4.69) is 78.3 Å². The first-order valence-electron chi connectivity index (χ1n) is 16.1. The van der Waals surface area contributed by atoms with E-state index >= 15 is 0 Å². The molecule has 0 radical (unpaired) electrons. The Bertz CT molecular complexity index is 1350. The minimum absolute atomic E-state index is 0.0367. The molecule has 0 fully saturated rings. The van der Waals surface area contributed by atoms with Crippen LogP contribution in [0.4, 0.5) is 0 Å². The molecule has 0 aliphatic heterocycles. The van der Waals surface area contributed by atoms with Crippen LogP contribution in [0.5, 0.6) is 5.75 Å². The van der Waals surface area contributed by atoms with Crippen molar-refractivity contribution < 1.29 is 19.1 Å². The molecule has 7 heteroatoms. The summed E-state index contributed by atoms with van der Waals surface area (Å²) < 4.78 is 5.90. The predicted octanol–water partition coefficient (Wildman–Crippen LogP) is 8.88. The number of allylic oxidation sites excluding steroid dienone is 10. The van der Waals surface area contributed by atoms with Crippen molar-refractivity contribution in [1.29, 1.82) is 0 Å². The van der Waals surface area contributed by atoms with E-state index in [1.165, 1.54) is 0 Å². The Kier molecular flexibility index (Phi) is 18.5. The van der Waals surface area contributed by atoms with Crippen LogP contribution in [0.25, 0.3) is 0 Å². The van der Waals surface area contributed by atoms with Crippen molar-refractivity contribution in [2.24, 2.45) is 0 Å². The van der Waals surface area contributed by atoms with Gasteiger partial charge in [-0.1, -0.05) is 79.3 Å². The highest BCUT2D eigenvalue weighted by Gasteiger charge is 2.29.